The van der Waals surface area contributed by atoms with Crippen LogP contribution in [-0.2, 0) is 42.9 Å². The zero-order valence-electron chi connectivity index (χ0n) is 25.7. The van der Waals surface area contributed by atoms with Crippen molar-refractivity contribution in [2.45, 2.75) is 65.3 Å². The molecule has 2 aliphatic heterocycles. The van der Waals surface area contributed by atoms with Gasteiger partial charge in [0.1, 0.15) is 43.0 Å². The standard InChI is InChI=1S/C32H32O14/c1-15-27(20-6-9-23-25(12-20)39-11-10-38-23)28(37)22-8-7-21(13-24(22)41-15)45-32-31(44-19(5)36)30(43-18(4)35)29(42-17(3)34)26(46-32)14-40-16(2)33/h6-9,12-13,26,29-32H,10-11,14H2,1-5H3/t26-,29-,30-,31-,32-/m0/s1. The lowest BCUT2D eigenvalue weighted by Gasteiger charge is -2.43. The Hall–Kier alpha value is -5.11. The van der Waals surface area contributed by atoms with E-state index >= 15 is 0 Å². The van der Waals surface area contributed by atoms with Crippen molar-refractivity contribution in [2.24, 2.45) is 0 Å². The maximum Gasteiger partial charge on any atom is 0.303 e. The molecule has 1 fully saturated rings. The van der Waals surface area contributed by atoms with E-state index < -0.39 is 61.2 Å². The van der Waals surface area contributed by atoms with Gasteiger partial charge in [-0.05, 0) is 36.8 Å². The highest BCUT2D eigenvalue weighted by molar-refractivity contribution is 5.84. The van der Waals surface area contributed by atoms with Gasteiger partial charge in [-0.1, -0.05) is 6.07 Å². The highest BCUT2D eigenvalue weighted by atomic mass is 16.7. The topological polar surface area (TPSA) is 172 Å². The van der Waals surface area contributed by atoms with Crippen LogP contribution in [0.4, 0.5) is 0 Å². The maximum atomic E-state index is 13.6. The maximum absolute atomic E-state index is 13.6. The predicted octanol–water partition coefficient (Wildman–Crippen LogP) is 3.00. The van der Waals surface area contributed by atoms with Crippen LogP contribution in [0.1, 0.15) is 33.5 Å². The summed E-state index contributed by atoms with van der Waals surface area (Å²) in [6, 6.07) is 9.64. The number of aryl methyl sites for hydroxylation is 1. The SMILES string of the molecule is CC(=O)OC[C@@H]1O[C@H](Oc2ccc3c(=O)c(-c4ccc5c(c4)OCCO5)c(C)oc3c2)[C@@H](OC(C)=O)[C@@H](OC(C)=O)[C@H]1OC(C)=O. The molecule has 0 bridgehead atoms. The van der Waals surface area contributed by atoms with E-state index in [-0.39, 0.29) is 22.1 Å². The molecule has 0 unspecified atom stereocenters. The Balaban J connectivity index is 1.50. The van der Waals surface area contributed by atoms with Crippen LogP contribution in [0.2, 0.25) is 0 Å². The van der Waals surface area contributed by atoms with Gasteiger partial charge in [0.05, 0.1) is 10.9 Å². The zero-order chi connectivity index (χ0) is 33.1. The summed E-state index contributed by atoms with van der Waals surface area (Å²) < 4.78 is 50.7. The minimum atomic E-state index is -1.46. The van der Waals surface area contributed by atoms with E-state index in [0.29, 0.717) is 41.6 Å². The molecule has 0 aliphatic carbocycles. The second-order valence-corrected chi connectivity index (χ2v) is 10.6. The molecular weight excluding hydrogens is 608 g/mol. The molecule has 1 saturated heterocycles. The normalized spacial score (nSPS) is 22.0. The van der Waals surface area contributed by atoms with Gasteiger partial charge in [0.2, 0.25) is 17.8 Å². The van der Waals surface area contributed by atoms with Crippen LogP contribution in [0, 0.1) is 6.92 Å². The van der Waals surface area contributed by atoms with Crippen LogP contribution in [0.15, 0.2) is 45.6 Å². The minimum absolute atomic E-state index is 0.128. The molecule has 0 radical (unpaired) electrons. The lowest BCUT2D eigenvalue weighted by Crippen LogP contribution is -2.63. The molecule has 5 atom stereocenters. The summed E-state index contributed by atoms with van der Waals surface area (Å²) in [6.07, 6.45) is -6.81. The average molecular weight is 641 g/mol. The lowest BCUT2D eigenvalue weighted by atomic mass is 9.98. The highest BCUT2D eigenvalue weighted by Crippen LogP contribution is 2.36. The van der Waals surface area contributed by atoms with Crippen LogP contribution >= 0.6 is 0 Å². The molecule has 3 heterocycles. The van der Waals surface area contributed by atoms with Crippen molar-refractivity contribution < 1.29 is 61.5 Å². The average Bonchev–Trinajstić information content (AvgIpc) is 2.98. The summed E-state index contributed by atoms with van der Waals surface area (Å²) in [6.45, 7) is 6.62. The molecule has 0 spiro atoms. The van der Waals surface area contributed by atoms with Gasteiger partial charge in [-0.2, -0.15) is 0 Å². The molecule has 3 aromatic rings. The Bertz CT molecular complexity index is 1730. The summed E-state index contributed by atoms with van der Waals surface area (Å²) in [4.78, 5) is 61.4. The van der Waals surface area contributed by atoms with Crippen molar-refractivity contribution in [1.82, 2.24) is 0 Å². The number of benzene rings is 2. The Morgan fingerprint density at radius 2 is 1.43 bits per heavy atom. The van der Waals surface area contributed by atoms with Gasteiger partial charge in [-0.3, -0.25) is 24.0 Å². The van der Waals surface area contributed by atoms with Gasteiger partial charge in [-0.25, -0.2) is 0 Å². The third-order valence-electron chi connectivity index (χ3n) is 7.07. The molecule has 5 rings (SSSR count). The number of esters is 4. The van der Waals surface area contributed by atoms with Crippen molar-refractivity contribution in [3.63, 3.8) is 0 Å². The van der Waals surface area contributed by atoms with Crippen LogP contribution in [-0.4, -0.2) is 74.4 Å². The molecule has 0 amide bonds. The molecule has 0 N–H and O–H groups in total. The molecule has 14 nitrogen and oxygen atoms in total. The second kappa shape index (κ2) is 13.5. The number of carbonyl (C=O) groups is 4. The number of fused-ring (bicyclic) bond motifs is 2. The van der Waals surface area contributed by atoms with Crippen molar-refractivity contribution in [3.8, 4) is 28.4 Å². The van der Waals surface area contributed by atoms with Gasteiger partial charge < -0.3 is 42.3 Å². The number of hydrogen-bond donors (Lipinski definition) is 0. The Morgan fingerprint density at radius 3 is 2.11 bits per heavy atom. The second-order valence-electron chi connectivity index (χ2n) is 10.6. The number of carbonyl (C=O) groups excluding carboxylic acids is 4. The van der Waals surface area contributed by atoms with Gasteiger partial charge in [-0.15, -0.1) is 0 Å². The largest absolute Gasteiger partial charge is 0.486 e. The van der Waals surface area contributed by atoms with E-state index in [4.69, 9.17) is 42.3 Å². The first-order valence-electron chi connectivity index (χ1n) is 14.4. The van der Waals surface area contributed by atoms with Gasteiger partial charge in [0, 0.05) is 33.8 Å². The summed E-state index contributed by atoms with van der Waals surface area (Å²) in [5.74, 6) is -1.38. The molecule has 14 heteroatoms. The third kappa shape index (κ3) is 7.07. The van der Waals surface area contributed by atoms with Gasteiger partial charge >= 0.3 is 23.9 Å². The molecule has 2 aromatic carbocycles. The van der Waals surface area contributed by atoms with Crippen LogP contribution in [0.3, 0.4) is 0 Å². The molecule has 2 aliphatic rings. The summed E-state index contributed by atoms with van der Waals surface area (Å²) in [7, 11) is 0. The van der Waals surface area contributed by atoms with E-state index in [1.54, 1.807) is 25.1 Å². The number of rotatable bonds is 8. The summed E-state index contributed by atoms with van der Waals surface area (Å²) in [5.41, 5.74) is 0.828. The van der Waals surface area contributed by atoms with Gasteiger partial charge in [0.15, 0.2) is 23.7 Å². The Kier molecular flexibility index (Phi) is 9.46. The molecule has 1 aromatic heterocycles. The summed E-state index contributed by atoms with van der Waals surface area (Å²) >= 11 is 0. The minimum Gasteiger partial charge on any atom is -0.486 e. The predicted molar refractivity (Wildman–Crippen MR) is 156 cm³/mol. The molecule has 0 saturated carbocycles. The van der Waals surface area contributed by atoms with E-state index in [1.807, 2.05) is 0 Å². The Labute approximate surface area is 262 Å². The summed E-state index contributed by atoms with van der Waals surface area (Å²) in [5, 5.41) is 0.254. The van der Waals surface area contributed by atoms with Crippen molar-refractivity contribution in [1.29, 1.82) is 0 Å². The molecular formula is C32H32O14. The van der Waals surface area contributed by atoms with Gasteiger partial charge in [0.25, 0.3) is 0 Å². The van der Waals surface area contributed by atoms with E-state index in [1.165, 1.54) is 25.1 Å². The fraction of sp³-hybridized carbons (Fsp3) is 0.406. The Morgan fingerprint density at radius 1 is 0.783 bits per heavy atom. The fourth-order valence-electron chi connectivity index (χ4n) is 5.31. The molecule has 46 heavy (non-hydrogen) atoms. The van der Waals surface area contributed by atoms with Crippen molar-refractivity contribution in [3.05, 3.63) is 52.4 Å². The third-order valence-corrected chi connectivity index (χ3v) is 7.07. The van der Waals surface area contributed by atoms with Crippen LogP contribution in [0.5, 0.6) is 17.2 Å². The highest BCUT2D eigenvalue weighted by Gasteiger charge is 2.53. The van der Waals surface area contributed by atoms with E-state index in [0.717, 1.165) is 20.8 Å². The van der Waals surface area contributed by atoms with Crippen molar-refractivity contribution >= 4 is 34.8 Å². The number of hydrogen-bond acceptors (Lipinski definition) is 14. The van der Waals surface area contributed by atoms with Crippen LogP contribution < -0.4 is 19.6 Å². The lowest BCUT2D eigenvalue weighted by molar-refractivity contribution is -0.288. The monoisotopic (exact) mass is 640 g/mol. The fourth-order valence-corrected chi connectivity index (χ4v) is 5.31. The van der Waals surface area contributed by atoms with Crippen molar-refractivity contribution in [2.75, 3.05) is 19.8 Å². The van der Waals surface area contributed by atoms with E-state index in [2.05, 4.69) is 0 Å². The first-order valence-corrected chi connectivity index (χ1v) is 14.4. The smallest absolute Gasteiger partial charge is 0.303 e. The molecule has 244 valence electrons. The number of ether oxygens (including phenoxy) is 8. The van der Waals surface area contributed by atoms with E-state index in [9.17, 15) is 24.0 Å². The van der Waals surface area contributed by atoms with Crippen LogP contribution in [0.25, 0.3) is 22.1 Å². The first-order chi connectivity index (χ1) is 21.9. The first kappa shape index (κ1) is 32.3. The quantitative estimate of drug-likeness (QED) is 0.260. The zero-order valence-corrected chi connectivity index (χ0v) is 25.7.